The van der Waals surface area contributed by atoms with Crippen LogP contribution in [0.1, 0.15) is 5.56 Å². The summed E-state index contributed by atoms with van der Waals surface area (Å²) < 4.78 is 11.1. The van der Waals surface area contributed by atoms with Crippen molar-refractivity contribution in [1.82, 2.24) is 10.6 Å². The van der Waals surface area contributed by atoms with Crippen LogP contribution in [0.4, 0.5) is 4.79 Å². The van der Waals surface area contributed by atoms with Crippen molar-refractivity contribution < 1.29 is 19.1 Å². The molecule has 0 atom stereocenters. The fourth-order valence-corrected chi connectivity index (χ4v) is 2.16. The maximum Gasteiger partial charge on any atom is 0.326 e. The van der Waals surface area contributed by atoms with Gasteiger partial charge in [0.1, 0.15) is 17.2 Å². The van der Waals surface area contributed by atoms with Gasteiger partial charge in [-0.15, -0.1) is 0 Å². The summed E-state index contributed by atoms with van der Waals surface area (Å²) in [5.41, 5.74) is 0.808. The molecule has 0 saturated carbocycles. The van der Waals surface area contributed by atoms with Crippen LogP contribution in [-0.2, 0) is 4.79 Å². The van der Waals surface area contributed by atoms with E-state index in [9.17, 15) is 9.59 Å². The van der Waals surface area contributed by atoms with Crippen LogP contribution in [-0.4, -0.2) is 26.2 Å². The molecule has 7 heteroatoms. The zero-order valence-electron chi connectivity index (χ0n) is 10.2. The van der Waals surface area contributed by atoms with E-state index in [1.165, 1.54) is 13.2 Å². The quantitative estimate of drug-likeness (QED) is 0.654. The van der Waals surface area contributed by atoms with Crippen molar-refractivity contribution in [2.24, 2.45) is 0 Å². The second kappa shape index (κ2) is 5.31. The van der Waals surface area contributed by atoms with Crippen LogP contribution in [0.2, 0.25) is 0 Å². The minimum atomic E-state index is -0.539. The first kappa shape index (κ1) is 13.4. The van der Waals surface area contributed by atoms with Crippen LogP contribution < -0.4 is 20.1 Å². The van der Waals surface area contributed by atoms with Crippen molar-refractivity contribution in [3.63, 3.8) is 0 Å². The monoisotopic (exact) mass is 326 g/mol. The highest BCUT2D eigenvalue weighted by atomic mass is 79.9. The lowest BCUT2D eigenvalue weighted by atomic mass is 10.1. The summed E-state index contributed by atoms with van der Waals surface area (Å²) >= 11 is 3.35. The van der Waals surface area contributed by atoms with Gasteiger partial charge in [-0.25, -0.2) is 4.79 Å². The molecule has 1 aromatic carbocycles. The van der Waals surface area contributed by atoms with Crippen LogP contribution in [0.15, 0.2) is 22.3 Å². The van der Waals surface area contributed by atoms with E-state index in [2.05, 4.69) is 26.6 Å². The zero-order valence-corrected chi connectivity index (χ0v) is 11.8. The summed E-state index contributed by atoms with van der Waals surface area (Å²) in [5, 5.41) is 4.54. The summed E-state index contributed by atoms with van der Waals surface area (Å²) in [4.78, 5) is 22.5. The smallest absolute Gasteiger partial charge is 0.326 e. The van der Waals surface area contributed by atoms with Gasteiger partial charge in [-0.2, -0.15) is 0 Å². The van der Waals surface area contributed by atoms with E-state index in [1.807, 2.05) is 0 Å². The normalized spacial score (nSPS) is 16.3. The van der Waals surface area contributed by atoms with Gasteiger partial charge in [0.05, 0.1) is 18.7 Å². The number of amides is 3. The number of urea groups is 1. The topological polar surface area (TPSA) is 76.7 Å². The zero-order chi connectivity index (χ0) is 14.0. The van der Waals surface area contributed by atoms with Gasteiger partial charge in [-0.3, -0.25) is 10.1 Å². The summed E-state index contributed by atoms with van der Waals surface area (Å²) in [6, 6.07) is 2.89. The van der Waals surface area contributed by atoms with Crippen molar-refractivity contribution in [3.8, 4) is 11.5 Å². The number of rotatable bonds is 3. The van der Waals surface area contributed by atoms with E-state index in [0.29, 0.717) is 21.5 Å². The van der Waals surface area contributed by atoms with Crippen LogP contribution in [0.3, 0.4) is 0 Å². The molecule has 0 unspecified atom stereocenters. The van der Waals surface area contributed by atoms with Gasteiger partial charge in [0, 0.05) is 11.6 Å². The number of halogens is 1. The Hall–Kier alpha value is -2.02. The fraction of sp³-hybridized carbons (Fsp3) is 0.167. The van der Waals surface area contributed by atoms with Gasteiger partial charge in [0.2, 0.25) is 0 Å². The molecule has 0 radical (unpaired) electrons. The molecule has 1 saturated heterocycles. The Labute approximate surface area is 117 Å². The second-order valence-electron chi connectivity index (χ2n) is 3.69. The van der Waals surface area contributed by atoms with E-state index < -0.39 is 11.9 Å². The van der Waals surface area contributed by atoms with Gasteiger partial charge < -0.3 is 14.8 Å². The molecule has 100 valence electrons. The molecule has 0 spiro atoms. The first-order valence-corrected chi connectivity index (χ1v) is 6.10. The third-order valence-corrected chi connectivity index (χ3v) is 3.14. The molecule has 1 aliphatic heterocycles. The molecule has 1 aromatic rings. The predicted octanol–water partition coefficient (Wildman–Crippen LogP) is 1.65. The number of hydrogen-bond acceptors (Lipinski definition) is 4. The average molecular weight is 327 g/mol. The highest BCUT2D eigenvalue weighted by molar-refractivity contribution is 9.10. The lowest BCUT2D eigenvalue weighted by molar-refractivity contribution is -0.115. The molecule has 1 aliphatic rings. The SMILES string of the molecule is COc1cc(OC)c(/C=C2/NC(=O)NC2=O)cc1Br. The number of carbonyl (C=O) groups excluding carboxylic acids is 2. The molecule has 0 aliphatic carbocycles. The number of methoxy groups -OCH3 is 2. The third-order valence-electron chi connectivity index (χ3n) is 2.52. The largest absolute Gasteiger partial charge is 0.496 e. The highest BCUT2D eigenvalue weighted by Gasteiger charge is 2.23. The molecular weight excluding hydrogens is 316 g/mol. The molecule has 6 nitrogen and oxygen atoms in total. The molecule has 2 N–H and O–H groups in total. The molecule has 19 heavy (non-hydrogen) atoms. The standard InChI is InChI=1S/C12H11BrN2O4/c1-18-9-5-10(19-2)7(13)3-6(9)4-8-11(16)15-12(17)14-8/h3-5H,1-2H3,(H2,14,15,16,17)/b8-4+. The van der Waals surface area contributed by atoms with Gasteiger partial charge in [-0.05, 0) is 28.1 Å². The Balaban J connectivity index is 2.45. The highest BCUT2D eigenvalue weighted by Crippen LogP contribution is 2.33. The number of nitrogens with one attached hydrogen (secondary N) is 2. The van der Waals surface area contributed by atoms with Crippen LogP contribution in [0.5, 0.6) is 11.5 Å². The molecule has 0 aromatic heterocycles. The Morgan fingerprint density at radius 2 is 1.79 bits per heavy atom. The lowest BCUT2D eigenvalue weighted by Gasteiger charge is -2.10. The maximum atomic E-state index is 11.5. The van der Waals surface area contributed by atoms with Gasteiger partial charge >= 0.3 is 6.03 Å². The summed E-state index contributed by atoms with van der Waals surface area (Å²) in [7, 11) is 3.06. The number of carbonyl (C=O) groups is 2. The Morgan fingerprint density at radius 3 is 2.32 bits per heavy atom. The summed E-state index contributed by atoms with van der Waals surface area (Å²) in [6.45, 7) is 0. The number of ether oxygens (including phenoxy) is 2. The lowest BCUT2D eigenvalue weighted by Crippen LogP contribution is -2.22. The van der Waals surface area contributed by atoms with Crippen molar-refractivity contribution in [3.05, 3.63) is 27.9 Å². The van der Waals surface area contributed by atoms with E-state index in [1.54, 1.807) is 19.2 Å². The third kappa shape index (κ3) is 2.70. The fourth-order valence-electron chi connectivity index (χ4n) is 1.63. The van der Waals surface area contributed by atoms with Crippen LogP contribution in [0, 0.1) is 0 Å². The maximum absolute atomic E-state index is 11.5. The van der Waals surface area contributed by atoms with Gasteiger partial charge in [0.25, 0.3) is 5.91 Å². The van der Waals surface area contributed by atoms with Gasteiger partial charge in [-0.1, -0.05) is 0 Å². The van der Waals surface area contributed by atoms with Crippen LogP contribution >= 0.6 is 15.9 Å². The van der Waals surface area contributed by atoms with Crippen molar-refractivity contribution >= 4 is 33.9 Å². The van der Waals surface area contributed by atoms with Crippen molar-refractivity contribution in [2.45, 2.75) is 0 Å². The van der Waals surface area contributed by atoms with Crippen molar-refractivity contribution in [1.29, 1.82) is 0 Å². The van der Waals surface area contributed by atoms with E-state index >= 15 is 0 Å². The number of benzene rings is 1. The Bertz CT molecular complexity index is 583. The second-order valence-corrected chi connectivity index (χ2v) is 4.55. The Morgan fingerprint density at radius 1 is 1.11 bits per heavy atom. The number of imide groups is 1. The number of hydrogen-bond donors (Lipinski definition) is 2. The molecule has 1 fully saturated rings. The molecule has 1 heterocycles. The van der Waals surface area contributed by atoms with Crippen molar-refractivity contribution in [2.75, 3.05) is 14.2 Å². The van der Waals surface area contributed by atoms with Crippen LogP contribution in [0.25, 0.3) is 6.08 Å². The molecular formula is C12H11BrN2O4. The Kier molecular flexibility index (Phi) is 3.75. The minimum absolute atomic E-state index is 0.167. The summed E-state index contributed by atoms with van der Waals surface area (Å²) in [5.74, 6) is 0.666. The minimum Gasteiger partial charge on any atom is -0.496 e. The summed E-state index contributed by atoms with van der Waals surface area (Å²) in [6.07, 6.45) is 1.53. The molecule has 3 amide bonds. The van der Waals surface area contributed by atoms with Gasteiger partial charge in [0.15, 0.2) is 0 Å². The predicted molar refractivity (Wildman–Crippen MR) is 71.9 cm³/mol. The average Bonchev–Trinajstić information content (AvgIpc) is 2.68. The first-order chi connectivity index (χ1) is 9.05. The van der Waals surface area contributed by atoms with E-state index in [0.717, 1.165) is 0 Å². The van der Waals surface area contributed by atoms with E-state index in [4.69, 9.17) is 9.47 Å². The first-order valence-electron chi connectivity index (χ1n) is 5.30. The molecule has 2 rings (SSSR count). The molecule has 0 bridgehead atoms. The van der Waals surface area contributed by atoms with E-state index in [-0.39, 0.29) is 5.70 Å².